The number of carbonyl (C=O) groups is 1. The molecule has 0 saturated carbocycles. The first-order chi connectivity index (χ1) is 11.5. The molecule has 1 aromatic carbocycles. The van der Waals surface area contributed by atoms with Gasteiger partial charge in [0.1, 0.15) is 10.8 Å². The molecule has 0 radical (unpaired) electrons. The quantitative estimate of drug-likeness (QED) is 0.723. The van der Waals surface area contributed by atoms with Crippen molar-refractivity contribution < 1.29 is 13.6 Å². The lowest BCUT2D eigenvalue weighted by molar-refractivity contribution is 0.0772. The van der Waals surface area contributed by atoms with Crippen molar-refractivity contribution in [3.63, 3.8) is 0 Å². The molecule has 122 valence electrons. The van der Waals surface area contributed by atoms with Crippen LogP contribution < -0.4 is 0 Å². The molecule has 3 aromatic rings. The molecular formula is C17H13F2N3OS. The van der Waals surface area contributed by atoms with Crippen LogP contribution in [-0.2, 0) is 6.54 Å². The maximum absolute atomic E-state index is 13.7. The lowest BCUT2D eigenvalue weighted by Crippen LogP contribution is -2.28. The van der Waals surface area contributed by atoms with Crippen molar-refractivity contribution >= 4 is 17.2 Å². The first kappa shape index (κ1) is 16.2. The van der Waals surface area contributed by atoms with Crippen LogP contribution in [0.4, 0.5) is 8.78 Å². The standard InChI is InChI=1S/C17H13F2N3OS/c1-22(17(23)15-14(19)7-12(18)8-20-15)9-13-10-24-16(21-13)11-5-3-2-4-6-11/h2-8,10H,9H2,1H3. The average Bonchev–Trinajstić information content (AvgIpc) is 3.03. The van der Waals surface area contributed by atoms with E-state index < -0.39 is 23.2 Å². The number of aromatic nitrogens is 2. The molecule has 7 heteroatoms. The molecule has 0 saturated heterocycles. The van der Waals surface area contributed by atoms with Gasteiger partial charge in [-0.2, -0.15) is 0 Å². The van der Waals surface area contributed by atoms with E-state index in [1.54, 1.807) is 0 Å². The highest BCUT2D eigenvalue weighted by atomic mass is 32.1. The van der Waals surface area contributed by atoms with Crippen LogP contribution in [0.5, 0.6) is 0 Å². The van der Waals surface area contributed by atoms with E-state index in [0.717, 1.165) is 16.8 Å². The zero-order valence-corrected chi connectivity index (χ0v) is 13.6. The molecule has 0 fully saturated rings. The Morgan fingerprint density at radius 1 is 1.25 bits per heavy atom. The van der Waals surface area contributed by atoms with Gasteiger partial charge in [0.05, 0.1) is 18.4 Å². The van der Waals surface area contributed by atoms with Crippen LogP contribution in [0.25, 0.3) is 10.6 Å². The van der Waals surface area contributed by atoms with E-state index >= 15 is 0 Å². The van der Waals surface area contributed by atoms with Crippen LogP contribution in [0.15, 0.2) is 48.0 Å². The van der Waals surface area contributed by atoms with Gasteiger partial charge in [-0.3, -0.25) is 4.79 Å². The smallest absolute Gasteiger partial charge is 0.275 e. The number of rotatable bonds is 4. The van der Waals surface area contributed by atoms with E-state index in [1.165, 1.54) is 23.3 Å². The number of hydrogen-bond acceptors (Lipinski definition) is 4. The number of thiazole rings is 1. The lowest BCUT2D eigenvalue weighted by Gasteiger charge is -2.15. The van der Waals surface area contributed by atoms with Gasteiger partial charge in [-0.25, -0.2) is 18.7 Å². The SMILES string of the molecule is CN(Cc1csc(-c2ccccc2)n1)C(=O)c1ncc(F)cc1F. The second kappa shape index (κ2) is 6.84. The summed E-state index contributed by atoms with van der Waals surface area (Å²) in [6, 6.07) is 10.3. The number of halogens is 2. The molecule has 0 N–H and O–H groups in total. The summed E-state index contributed by atoms with van der Waals surface area (Å²) in [5.74, 6) is -2.42. The zero-order chi connectivity index (χ0) is 17.1. The normalized spacial score (nSPS) is 10.6. The van der Waals surface area contributed by atoms with Gasteiger partial charge in [-0.15, -0.1) is 11.3 Å². The van der Waals surface area contributed by atoms with Gasteiger partial charge in [0.25, 0.3) is 5.91 Å². The van der Waals surface area contributed by atoms with E-state index in [0.29, 0.717) is 11.8 Å². The van der Waals surface area contributed by atoms with E-state index in [-0.39, 0.29) is 6.54 Å². The Kier molecular flexibility index (Phi) is 4.61. The fourth-order valence-corrected chi connectivity index (χ4v) is 2.98. The first-order valence-corrected chi connectivity index (χ1v) is 7.99. The summed E-state index contributed by atoms with van der Waals surface area (Å²) >= 11 is 1.47. The molecule has 24 heavy (non-hydrogen) atoms. The van der Waals surface area contributed by atoms with Crippen LogP contribution in [0.2, 0.25) is 0 Å². The molecule has 1 amide bonds. The zero-order valence-electron chi connectivity index (χ0n) is 12.7. The van der Waals surface area contributed by atoms with Crippen LogP contribution in [-0.4, -0.2) is 27.8 Å². The number of hydrogen-bond donors (Lipinski definition) is 0. The van der Waals surface area contributed by atoms with Gasteiger partial charge in [0.2, 0.25) is 0 Å². The highest BCUT2D eigenvalue weighted by molar-refractivity contribution is 7.13. The van der Waals surface area contributed by atoms with Crippen LogP contribution in [0.1, 0.15) is 16.2 Å². The number of carbonyl (C=O) groups excluding carboxylic acids is 1. The summed E-state index contributed by atoms with van der Waals surface area (Å²) in [5, 5.41) is 2.69. The summed E-state index contributed by atoms with van der Waals surface area (Å²) in [6.07, 6.45) is 0.820. The third-order valence-electron chi connectivity index (χ3n) is 3.33. The van der Waals surface area contributed by atoms with Gasteiger partial charge in [0.15, 0.2) is 11.5 Å². The van der Waals surface area contributed by atoms with Crippen LogP contribution in [0, 0.1) is 11.6 Å². The second-order valence-electron chi connectivity index (χ2n) is 5.16. The molecule has 0 aliphatic heterocycles. The molecule has 0 bridgehead atoms. The van der Waals surface area contributed by atoms with Crippen molar-refractivity contribution in [2.45, 2.75) is 6.54 Å². The molecule has 4 nitrogen and oxygen atoms in total. The topological polar surface area (TPSA) is 46.1 Å². The van der Waals surface area contributed by atoms with E-state index in [1.807, 2.05) is 35.7 Å². The van der Waals surface area contributed by atoms with Crippen molar-refractivity contribution in [1.29, 1.82) is 0 Å². The monoisotopic (exact) mass is 345 g/mol. The van der Waals surface area contributed by atoms with Gasteiger partial charge in [-0.1, -0.05) is 30.3 Å². The molecular weight excluding hydrogens is 332 g/mol. The molecule has 2 aromatic heterocycles. The largest absolute Gasteiger partial charge is 0.334 e. The average molecular weight is 345 g/mol. The summed E-state index contributed by atoms with van der Waals surface area (Å²) in [5.41, 5.74) is 1.28. The molecule has 0 aliphatic carbocycles. The minimum absolute atomic E-state index is 0.209. The number of amides is 1. The Morgan fingerprint density at radius 3 is 2.71 bits per heavy atom. The van der Waals surface area contributed by atoms with Crippen LogP contribution in [0.3, 0.4) is 0 Å². The van der Waals surface area contributed by atoms with Crippen molar-refractivity contribution in [3.8, 4) is 10.6 Å². The summed E-state index contributed by atoms with van der Waals surface area (Å²) in [6.45, 7) is 0.209. The lowest BCUT2D eigenvalue weighted by atomic mass is 10.2. The van der Waals surface area contributed by atoms with Gasteiger partial charge < -0.3 is 4.90 Å². The molecule has 2 heterocycles. The van der Waals surface area contributed by atoms with Crippen molar-refractivity contribution in [1.82, 2.24) is 14.9 Å². The summed E-state index contributed by atoms with van der Waals surface area (Å²) in [4.78, 5) is 21.6. The fourth-order valence-electron chi connectivity index (χ4n) is 2.16. The molecule has 3 rings (SSSR count). The first-order valence-electron chi connectivity index (χ1n) is 7.11. The second-order valence-corrected chi connectivity index (χ2v) is 6.01. The number of pyridine rings is 1. The molecule has 0 aliphatic rings. The van der Waals surface area contributed by atoms with Crippen molar-refractivity contribution in [2.75, 3.05) is 7.05 Å². The number of nitrogens with zero attached hydrogens (tertiary/aromatic N) is 3. The predicted octanol–water partition coefficient (Wildman–Crippen LogP) is 3.76. The summed E-state index contributed by atoms with van der Waals surface area (Å²) in [7, 11) is 1.52. The maximum Gasteiger partial charge on any atom is 0.275 e. The Labute approximate surface area is 141 Å². The van der Waals surface area contributed by atoms with Gasteiger partial charge in [0, 0.05) is 24.1 Å². The Balaban J connectivity index is 1.74. The van der Waals surface area contributed by atoms with Gasteiger partial charge in [-0.05, 0) is 0 Å². The number of benzene rings is 1. The minimum Gasteiger partial charge on any atom is -0.334 e. The highest BCUT2D eigenvalue weighted by Gasteiger charge is 2.19. The van der Waals surface area contributed by atoms with Crippen molar-refractivity contribution in [2.24, 2.45) is 0 Å². The Morgan fingerprint density at radius 2 is 2.00 bits per heavy atom. The van der Waals surface area contributed by atoms with Crippen LogP contribution >= 0.6 is 11.3 Å². The third-order valence-corrected chi connectivity index (χ3v) is 4.27. The fraction of sp³-hybridized carbons (Fsp3) is 0.118. The predicted molar refractivity (Wildman–Crippen MR) is 87.5 cm³/mol. The maximum atomic E-state index is 13.7. The third kappa shape index (κ3) is 3.46. The van der Waals surface area contributed by atoms with Gasteiger partial charge >= 0.3 is 0 Å². The molecule has 0 spiro atoms. The molecule has 0 unspecified atom stereocenters. The minimum atomic E-state index is -0.977. The van der Waals surface area contributed by atoms with E-state index in [9.17, 15) is 13.6 Å². The summed E-state index contributed by atoms with van der Waals surface area (Å²) < 4.78 is 26.5. The van der Waals surface area contributed by atoms with Crippen molar-refractivity contribution in [3.05, 3.63) is 71.0 Å². The van der Waals surface area contributed by atoms with E-state index in [4.69, 9.17) is 0 Å². The highest BCUT2D eigenvalue weighted by Crippen LogP contribution is 2.24. The van der Waals surface area contributed by atoms with E-state index in [2.05, 4.69) is 9.97 Å². The Bertz CT molecular complexity index is 867. The Hall–Kier alpha value is -2.67. The molecule has 0 atom stereocenters.